The van der Waals surface area contributed by atoms with Crippen molar-refractivity contribution in [1.82, 2.24) is 0 Å². The molecule has 0 fully saturated rings. The minimum atomic E-state index is -1.86. The summed E-state index contributed by atoms with van der Waals surface area (Å²) >= 11 is 0. The van der Waals surface area contributed by atoms with E-state index in [0.717, 1.165) is 12.1 Å². The van der Waals surface area contributed by atoms with Crippen LogP contribution in [0, 0.1) is 16.6 Å². The van der Waals surface area contributed by atoms with E-state index in [2.05, 4.69) is 0 Å². The second-order valence-corrected chi connectivity index (χ2v) is 5.73. The van der Waals surface area contributed by atoms with Crippen LogP contribution in [-0.4, -0.2) is 27.9 Å². The van der Waals surface area contributed by atoms with Gasteiger partial charge >= 0.3 is 11.9 Å². The van der Waals surface area contributed by atoms with Gasteiger partial charge in [0.25, 0.3) is 0 Å². The topological polar surface area (TPSA) is 91.7 Å². The number of benzene rings is 1. The van der Waals surface area contributed by atoms with Gasteiger partial charge in [0.2, 0.25) is 0 Å². The minimum Gasteiger partial charge on any atom is -0.481 e. The van der Waals surface area contributed by atoms with Crippen LogP contribution in [0.2, 0.25) is 0 Å². The van der Waals surface area contributed by atoms with Gasteiger partial charge < -0.3 is 10.2 Å². The maximum absolute atomic E-state index is 13.0. The van der Waals surface area contributed by atoms with Crippen LogP contribution in [0.15, 0.2) is 36.4 Å². The molecule has 2 rings (SSSR count). The summed E-state index contributed by atoms with van der Waals surface area (Å²) in [4.78, 5) is 35.8. The summed E-state index contributed by atoms with van der Waals surface area (Å²) in [5.74, 6) is -3.82. The van der Waals surface area contributed by atoms with Gasteiger partial charge in [-0.15, -0.1) is 0 Å². The molecule has 0 aromatic heterocycles. The molecule has 2 atom stereocenters. The number of allylic oxidation sites excluding steroid dienone is 1. The van der Waals surface area contributed by atoms with Crippen LogP contribution in [0.5, 0.6) is 0 Å². The van der Waals surface area contributed by atoms with Gasteiger partial charge in [0, 0.05) is 5.56 Å². The van der Waals surface area contributed by atoms with Gasteiger partial charge in [-0.2, -0.15) is 0 Å². The molecule has 0 amide bonds. The number of carboxylic acids is 2. The zero-order chi connectivity index (χ0) is 16.5. The van der Waals surface area contributed by atoms with Gasteiger partial charge in [0.15, 0.2) is 5.78 Å². The lowest BCUT2D eigenvalue weighted by Gasteiger charge is -2.37. The quantitative estimate of drug-likeness (QED) is 0.506. The molecule has 0 saturated carbocycles. The fourth-order valence-electron chi connectivity index (χ4n) is 2.74. The van der Waals surface area contributed by atoms with Gasteiger partial charge in [-0.05, 0) is 44.0 Å². The van der Waals surface area contributed by atoms with Gasteiger partial charge in [0.05, 0.1) is 5.41 Å². The Morgan fingerprint density at radius 2 is 1.68 bits per heavy atom. The summed E-state index contributed by atoms with van der Waals surface area (Å²) in [5.41, 5.74) is -3.25. The molecule has 22 heavy (non-hydrogen) atoms. The third-order valence-corrected chi connectivity index (χ3v) is 4.06. The first-order chi connectivity index (χ1) is 10.2. The number of hydrogen-bond acceptors (Lipinski definition) is 3. The zero-order valence-corrected chi connectivity index (χ0v) is 11.9. The Labute approximate surface area is 126 Å². The van der Waals surface area contributed by atoms with Crippen molar-refractivity contribution >= 4 is 17.7 Å². The van der Waals surface area contributed by atoms with Crippen molar-refractivity contribution in [2.45, 2.75) is 19.8 Å². The molecule has 1 aromatic carbocycles. The molecule has 1 aromatic rings. The summed E-state index contributed by atoms with van der Waals surface area (Å²) in [6.45, 7) is 1.38. The first-order valence-electron chi connectivity index (χ1n) is 6.66. The number of carbonyl (C=O) groups excluding carboxylic acids is 1. The molecule has 1 aliphatic carbocycles. The number of carbonyl (C=O) groups is 3. The Hall–Kier alpha value is -2.50. The van der Waals surface area contributed by atoms with Crippen LogP contribution in [-0.2, 0) is 9.59 Å². The Kier molecular flexibility index (Phi) is 3.87. The number of carboxylic acid groups (broad SMARTS) is 2. The highest BCUT2D eigenvalue weighted by molar-refractivity contribution is 6.12. The maximum Gasteiger partial charge on any atom is 0.317 e. The monoisotopic (exact) mass is 306 g/mol. The van der Waals surface area contributed by atoms with E-state index >= 15 is 0 Å². The number of Topliss-reactive ketones (excluding diaryl/α,β-unsaturated/α-hetero) is 1. The zero-order valence-electron chi connectivity index (χ0n) is 11.9. The van der Waals surface area contributed by atoms with Gasteiger partial charge in [0.1, 0.15) is 11.2 Å². The number of ketones is 1. The van der Waals surface area contributed by atoms with Gasteiger partial charge in [-0.1, -0.05) is 12.2 Å². The second kappa shape index (κ2) is 5.36. The predicted octanol–water partition coefficient (Wildman–Crippen LogP) is 2.52. The Morgan fingerprint density at radius 1 is 1.09 bits per heavy atom. The number of hydrogen-bond donors (Lipinski definition) is 2. The average molecular weight is 306 g/mol. The Bertz CT molecular complexity index is 664. The molecule has 0 spiro atoms. The van der Waals surface area contributed by atoms with Crippen LogP contribution in [0.25, 0.3) is 0 Å². The molecule has 0 radical (unpaired) electrons. The van der Waals surface area contributed by atoms with E-state index in [1.807, 2.05) is 0 Å². The Balaban J connectivity index is 2.48. The molecule has 5 nitrogen and oxygen atoms in total. The third-order valence-electron chi connectivity index (χ3n) is 4.06. The van der Waals surface area contributed by atoms with Crippen LogP contribution in [0.1, 0.15) is 30.1 Å². The van der Waals surface area contributed by atoms with Crippen molar-refractivity contribution in [1.29, 1.82) is 0 Å². The van der Waals surface area contributed by atoms with Crippen molar-refractivity contribution < 1.29 is 29.0 Å². The van der Waals surface area contributed by atoms with Gasteiger partial charge in [-0.3, -0.25) is 14.4 Å². The van der Waals surface area contributed by atoms with Crippen molar-refractivity contribution in [2.75, 3.05) is 0 Å². The fourth-order valence-corrected chi connectivity index (χ4v) is 2.74. The first kappa shape index (κ1) is 15.9. The van der Waals surface area contributed by atoms with E-state index in [0.29, 0.717) is 0 Å². The largest absolute Gasteiger partial charge is 0.481 e. The summed E-state index contributed by atoms with van der Waals surface area (Å²) in [6.07, 6.45) is 2.38. The Morgan fingerprint density at radius 3 is 2.18 bits per heavy atom. The molecule has 6 heteroatoms. The van der Waals surface area contributed by atoms with Crippen LogP contribution in [0.4, 0.5) is 4.39 Å². The molecule has 0 saturated heterocycles. The molecule has 0 aliphatic heterocycles. The number of aliphatic carboxylic acids is 2. The van der Waals surface area contributed by atoms with Crippen LogP contribution >= 0.6 is 0 Å². The molecule has 0 heterocycles. The highest BCUT2D eigenvalue weighted by Crippen LogP contribution is 2.45. The lowest BCUT2D eigenvalue weighted by Crippen LogP contribution is -2.47. The summed E-state index contributed by atoms with van der Waals surface area (Å²) < 4.78 is 13.0. The molecular weight excluding hydrogens is 291 g/mol. The fraction of sp³-hybridized carbons (Fsp3) is 0.312. The SMILES string of the molecule is CC1(C(=O)O)C=CCC(C(=O)O)(C(=O)c2ccc(F)cc2)C1. The predicted molar refractivity (Wildman–Crippen MR) is 74.9 cm³/mol. The van der Waals surface area contributed by atoms with Crippen LogP contribution < -0.4 is 0 Å². The third kappa shape index (κ3) is 2.52. The van der Waals surface area contributed by atoms with Crippen molar-refractivity contribution in [2.24, 2.45) is 10.8 Å². The molecule has 116 valence electrons. The average Bonchev–Trinajstić information content (AvgIpc) is 2.47. The highest BCUT2D eigenvalue weighted by Gasteiger charge is 2.53. The smallest absolute Gasteiger partial charge is 0.317 e. The lowest BCUT2D eigenvalue weighted by molar-refractivity contribution is -0.152. The van der Waals surface area contributed by atoms with E-state index in [9.17, 15) is 29.0 Å². The molecular formula is C16H15FO5. The van der Waals surface area contributed by atoms with Crippen molar-refractivity contribution in [3.05, 3.63) is 47.8 Å². The van der Waals surface area contributed by atoms with E-state index < -0.39 is 34.4 Å². The van der Waals surface area contributed by atoms with E-state index in [-0.39, 0.29) is 18.4 Å². The summed E-state index contributed by atoms with van der Waals surface area (Å²) in [6, 6.07) is 4.55. The molecule has 2 unspecified atom stereocenters. The van der Waals surface area contributed by atoms with E-state index in [1.54, 1.807) is 0 Å². The maximum atomic E-state index is 13.0. The van der Waals surface area contributed by atoms with E-state index in [4.69, 9.17) is 0 Å². The molecule has 0 bridgehead atoms. The minimum absolute atomic E-state index is 0.0480. The highest BCUT2D eigenvalue weighted by atomic mass is 19.1. The molecule has 2 N–H and O–H groups in total. The second-order valence-electron chi connectivity index (χ2n) is 5.73. The summed E-state index contributed by atoms with van der Waals surface area (Å²) in [5, 5.41) is 18.9. The van der Waals surface area contributed by atoms with Crippen molar-refractivity contribution in [3.8, 4) is 0 Å². The first-order valence-corrected chi connectivity index (χ1v) is 6.66. The summed E-state index contributed by atoms with van der Waals surface area (Å²) in [7, 11) is 0. The van der Waals surface area contributed by atoms with Crippen molar-refractivity contribution in [3.63, 3.8) is 0 Å². The van der Waals surface area contributed by atoms with Crippen LogP contribution in [0.3, 0.4) is 0 Å². The standard InChI is InChI=1S/C16H15FO5/c1-15(13(19)20)7-2-8-16(9-15,14(21)22)12(18)10-3-5-11(17)6-4-10/h2-7H,8-9H2,1H3,(H,19,20)(H,21,22). The number of halogens is 1. The number of rotatable bonds is 4. The molecule has 1 aliphatic rings. The normalized spacial score (nSPS) is 27.4. The van der Waals surface area contributed by atoms with E-state index in [1.165, 1.54) is 31.2 Å². The lowest BCUT2D eigenvalue weighted by atomic mass is 9.63. The van der Waals surface area contributed by atoms with Gasteiger partial charge in [-0.25, -0.2) is 4.39 Å².